The minimum absolute atomic E-state index is 0.0260. The number of hydrogen-bond acceptors (Lipinski definition) is 13. The van der Waals surface area contributed by atoms with Gasteiger partial charge in [-0.2, -0.15) is 0 Å². The monoisotopic (exact) mass is 610 g/mol. The quantitative estimate of drug-likeness (QED) is 0.137. The molecule has 43 heavy (non-hydrogen) atoms. The molecule has 0 amide bonds. The van der Waals surface area contributed by atoms with Gasteiger partial charge in [0.15, 0.2) is 24.6 Å². The van der Waals surface area contributed by atoms with Gasteiger partial charge in [-0.25, -0.2) is 4.79 Å². The minimum atomic E-state index is -1.35. The first-order chi connectivity index (χ1) is 20.2. The van der Waals surface area contributed by atoms with Gasteiger partial charge in [-0.3, -0.25) is 19.2 Å². The standard InChI is InChI=1S/C30H42O13/c1-16(2)22-10-9-11-23(17(3)4)25(22)43-30(35)38-15-14-37-29-28(41-21(8)34)27(40-20(7)33)26(39-19(6)32)24(42-29)12-13-36-18(5)31/h9-11,16-17,24,26-29H,12-15H2,1-8H3. The highest BCUT2D eigenvalue weighted by atomic mass is 16.8. The molecule has 0 aliphatic carbocycles. The lowest BCUT2D eigenvalue weighted by Gasteiger charge is -2.44. The molecule has 240 valence electrons. The fourth-order valence-electron chi connectivity index (χ4n) is 4.54. The van der Waals surface area contributed by atoms with Crippen molar-refractivity contribution in [1.29, 1.82) is 0 Å². The number of carbonyl (C=O) groups is 5. The van der Waals surface area contributed by atoms with E-state index in [-0.39, 0.29) is 38.1 Å². The summed E-state index contributed by atoms with van der Waals surface area (Å²) in [6, 6.07) is 5.69. The molecule has 2 rings (SSSR count). The molecule has 1 heterocycles. The van der Waals surface area contributed by atoms with Crippen molar-refractivity contribution in [3.05, 3.63) is 29.3 Å². The summed E-state index contributed by atoms with van der Waals surface area (Å²) in [5, 5.41) is 0. The molecule has 1 saturated heterocycles. The molecule has 0 saturated carbocycles. The Kier molecular flexibility index (Phi) is 13.9. The van der Waals surface area contributed by atoms with E-state index in [1.165, 1.54) is 6.92 Å². The highest BCUT2D eigenvalue weighted by Gasteiger charge is 2.52. The Morgan fingerprint density at radius 1 is 0.698 bits per heavy atom. The summed E-state index contributed by atoms with van der Waals surface area (Å²) in [7, 11) is 0. The van der Waals surface area contributed by atoms with E-state index >= 15 is 0 Å². The summed E-state index contributed by atoms with van der Waals surface area (Å²) < 4.78 is 43.7. The fraction of sp³-hybridized carbons (Fsp3) is 0.633. The van der Waals surface area contributed by atoms with Crippen molar-refractivity contribution in [2.24, 2.45) is 0 Å². The third-order valence-electron chi connectivity index (χ3n) is 6.30. The molecular weight excluding hydrogens is 568 g/mol. The third kappa shape index (κ3) is 11.1. The van der Waals surface area contributed by atoms with E-state index in [4.69, 9.17) is 37.9 Å². The molecule has 5 unspecified atom stereocenters. The lowest BCUT2D eigenvalue weighted by Crippen LogP contribution is -2.62. The lowest BCUT2D eigenvalue weighted by atomic mass is 9.94. The summed E-state index contributed by atoms with van der Waals surface area (Å²) in [6.07, 6.45) is -7.13. The molecule has 0 bridgehead atoms. The Hall–Kier alpha value is -3.71. The molecule has 0 spiro atoms. The zero-order chi connectivity index (χ0) is 32.3. The molecule has 1 aromatic carbocycles. The third-order valence-corrected chi connectivity index (χ3v) is 6.30. The predicted octanol–water partition coefficient (Wildman–Crippen LogP) is 3.94. The van der Waals surface area contributed by atoms with E-state index in [2.05, 4.69) is 0 Å². The van der Waals surface area contributed by atoms with Gasteiger partial charge in [0.25, 0.3) is 0 Å². The van der Waals surface area contributed by atoms with Crippen molar-refractivity contribution in [2.45, 2.75) is 104 Å². The second-order valence-electron chi connectivity index (χ2n) is 10.5. The Bertz CT molecular complexity index is 1100. The van der Waals surface area contributed by atoms with E-state index in [9.17, 15) is 24.0 Å². The van der Waals surface area contributed by atoms with Crippen LogP contribution in [-0.2, 0) is 52.3 Å². The number of carbonyl (C=O) groups excluding carboxylic acids is 5. The van der Waals surface area contributed by atoms with Crippen LogP contribution in [0.2, 0.25) is 0 Å². The second-order valence-corrected chi connectivity index (χ2v) is 10.5. The summed E-state index contributed by atoms with van der Waals surface area (Å²) in [6.45, 7) is 12.0. The van der Waals surface area contributed by atoms with Gasteiger partial charge in [-0.1, -0.05) is 45.9 Å². The van der Waals surface area contributed by atoms with Gasteiger partial charge in [0.1, 0.15) is 18.5 Å². The highest BCUT2D eigenvalue weighted by molar-refractivity contribution is 5.69. The van der Waals surface area contributed by atoms with Crippen LogP contribution in [0, 0.1) is 0 Å². The van der Waals surface area contributed by atoms with E-state index in [1.54, 1.807) is 0 Å². The highest BCUT2D eigenvalue weighted by Crippen LogP contribution is 2.35. The number of rotatable bonds is 13. The molecule has 1 aliphatic heterocycles. The lowest BCUT2D eigenvalue weighted by molar-refractivity contribution is -0.306. The maximum absolute atomic E-state index is 12.6. The first-order valence-corrected chi connectivity index (χ1v) is 14.1. The molecule has 13 nitrogen and oxygen atoms in total. The van der Waals surface area contributed by atoms with Crippen molar-refractivity contribution in [1.82, 2.24) is 0 Å². The van der Waals surface area contributed by atoms with Crippen LogP contribution < -0.4 is 4.74 Å². The maximum Gasteiger partial charge on any atom is 0.513 e. The van der Waals surface area contributed by atoms with Gasteiger partial charge >= 0.3 is 30.0 Å². The molecule has 13 heteroatoms. The van der Waals surface area contributed by atoms with Crippen molar-refractivity contribution >= 4 is 30.0 Å². The van der Waals surface area contributed by atoms with E-state index in [1.807, 2.05) is 45.9 Å². The van der Waals surface area contributed by atoms with Gasteiger partial charge < -0.3 is 37.9 Å². The predicted molar refractivity (Wildman–Crippen MR) is 149 cm³/mol. The van der Waals surface area contributed by atoms with Crippen LogP contribution in [0.25, 0.3) is 0 Å². The molecule has 1 aliphatic rings. The van der Waals surface area contributed by atoms with E-state index in [0.717, 1.165) is 31.9 Å². The van der Waals surface area contributed by atoms with Gasteiger partial charge in [0.05, 0.1) is 13.2 Å². The summed E-state index contributed by atoms with van der Waals surface area (Å²) in [5.74, 6) is -2.10. The number of para-hydroxylation sites is 1. The first kappa shape index (κ1) is 35.5. The molecule has 1 fully saturated rings. The van der Waals surface area contributed by atoms with Crippen molar-refractivity contribution in [2.75, 3.05) is 19.8 Å². The topological polar surface area (TPSA) is 159 Å². The van der Waals surface area contributed by atoms with Crippen molar-refractivity contribution in [3.63, 3.8) is 0 Å². The largest absolute Gasteiger partial charge is 0.513 e. The SMILES string of the molecule is CC(=O)OCCC1OC(OCCOC(=O)Oc2c(C(C)C)cccc2C(C)C)C(OC(C)=O)C(OC(C)=O)C1OC(C)=O. The van der Waals surface area contributed by atoms with Gasteiger partial charge in [-0.05, 0) is 23.0 Å². The zero-order valence-electron chi connectivity index (χ0n) is 25.9. The van der Waals surface area contributed by atoms with Gasteiger partial charge in [0.2, 0.25) is 0 Å². The Morgan fingerprint density at radius 3 is 1.74 bits per heavy atom. The van der Waals surface area contributed by atoms with Crippen LogP contribution in [0.5, 0.6) is 5.75 Å². The molecule has 1 aromatic rings. The number of esters is 4. The first-order valence-electron chi connectivity index (χ1n) is 14.1. The van der Waals surface area contributed by atoms with Gasteiger partial charge in [0, 0.05) is 34.1 Å². The Labute approximate surface area is 251 Å². The number of hydrogen-bond donors (Lipinski definition) is 0. The van der Waals surface area contributed by atoms with Crippen LogP contribution in [0.15, 0.2) is 18.2 Å². The molecular formula is C30H42O13. The Morgan fingerprint density at radius 2 is 1.23 bits per heavy atom. The minimum Gasteiger partial charge on any atom is -0.466 e. The molecule has 0 radical (unpaired) electrons. The van der Waals surface area contributed by atoms with Crippen molar-refractivity contribution in [3.8, 4) is 5.75 Å². The van der Waals surface area contributed by atoms with Crippen LogP contribution >= 0.6 is 0 Å². The van der Waals surface area contributed by atoms with E-state index in [0.29, 0.717) is 5.75 Å². The number of benzene rings is 1. The molecule has 0 N–H and O–H groups in total. The molecule has 5 atom stereocenters. The summed E-state index contributed by atoms with van der Waals surface area (Å²) >= 11 is 0. The zero-order valence-corrected chi connectivity index (χ0v) is 25.9. The average Bonchev–Trinajstić information content (AvgIpc) is 2.89. The second kappa shape index (κ2) is 16.8. The summed E-state index contributed by atoms with van der Waals surface area (Å²) in [4.78, 5) is 59.8. The smallest absolute Gasteiger partial charge is 0.466 e. The van der Waals surface area contributed by atoms with Gasteiger partial charge in [-0.15, -0.1) is 0 Å². The van der Waals surface area contributed by atoms with Crippen LogP contribution in [-0.4, -0.2) is 80.6 Å². The molecule has 0 aromatic heterocycles. The van der Waals surface area contributed by atoms with E-state index < -0.39 is 60.7 Å². The fourth-order valence-corrected chi connectivity index (χ4v) is 4.54. The van der Waals surface area contributed by atoms with Crippen LogP contribution in [0.3, 0.4) is 0 Å². The van der Waals surface area contributed by atoms with Crippen molar-refractivity contribution < 1.29 is 61.9 Å². The average molecular weight is 611 g/mol. The number of ether oxygens (including phenoxy) is 8. The Balaban J connectivity index is 2.18. The van der Waals surface area contributed by atoms with Crippen LogP contribution in [0.4, 0.5) is 4.79 Å². The normalized spacial score (nSPS) is 21.6. The maximum atomic E-state index is 12.6. The van der Waals surface area contributed by atoms with Crippen LogP contribution in [0.1, 0.15) is 84.8 Å². The summed E-state index contributed by atoms with van der Waals surface area (Å²) in [5.41, 5.74) is 1.72.